The lowest BCUT2D eigenvalue weighted by Crippen LogP contribution is -2.26. The highest BCUT2D eigenvalue weighted by atomic mass is 35.5. The third-order valence-electron chi connectivity index (χ3n) is 2.74. The Morgan fingerprint density at radius 2 is 2.20 bits per heavy atom. The molecule has 106 valence electrons. The molecule has 0 saturated heterocycles. The van der Waals surface area contributed by atoms with Gasteiger partial charge in [-0.25, -0.2) is 10.8 Å². The van der Waals surface area contributed by atoms with Gasteiger partial charge < -0.3 is 15.2 Å². The quantitative estimate of drug-likeness (QED) is 0.457. The van der Waals surface area contributed by atoms with Crippen molar-refractivity contribution in [2.24, 2.45) is 5.84 Å². The maximum atomic E-state index is 12.1. The van der Waals surface area contributed by atoms with Crippen LogP contribution in [0.15, 0.2) is 28.7 Å². The summed E-state index contributed by atoms with van der Waals surface area (Å²) in [4.78, 5) is 16.1. The first kappa shape index (κ1) is 14.4. The van der Waals surface area contributed by atoms with Gasteiger partial charge in [0.25, 0.3) is 5.91 Å². The Balaban J connectivity index is 2.13. The van der Waals surface area contributed by atoms with Gasteiger partial charge in [0.15, 0.2) is 0 Å². The number of amides is 1. The number of aryl methyl sites for hydroxylation is 1. The second-order valence-corrected chi connectivity index (χ2v) is 4.74. The third-order valence-corrected chi connectivity index (χ3v) is 2.93. The van der Waals surface area contributed by atoms with E-state index in [1.165, 1.54) is 12.1 Å². The van der Waals surface area contributed by atoms with Gasteiger partial charge in [0.1, 0.15) is 22.5 Å². The van der Waals surface area contributed by atoms with Gasteiger partial charge in [0.2, 0.25) is 0 Å². The first-order chi connectivity index (χ1) is 9.49. The number of halogens is 1. The van der Waals surface area contributed by atoms with Crippen LogP contribution in [-0.2, 0) is 0 Å². The first-order valence-corrected chi connectivity index (χ1v) is 6.39. The van der Waals surface area contributed by atoms with Crippen molar-refractivity contribution in [2.75, 3.05) is 5.43 Å². The highest BCUT2D eigenvalue weighted by molar-refractivity contribution is 6.29. The summed E-state index contributed by atoms with van der Waals surface area (Å²) in [5, 5.41) is 3.00. The van der Waals surface area contributed by atoms with Gasteiger partial charge in [-0.15, -0.1) is 0 Å². The number of nitrogens with one attached hydrogen (secondary N) is 2. The molecule has 7 heteroatoms. The highest BCUT2D eigenvalue weighted by Crippen LogP contribution is 2.18. The number of rotatable bonds is 4. The number of carbonyl (C=O) groups is 1. The fraction of sp³-hybridized carbons (Fsp3) is 0.231. The minimum Gasteiger partial charge on any atom is -0.464 e. The van der Waals surface area contributed by atoms with Crippen LogP contribution in [0, 0.1) is 6.92 Å². The maximum Gasteiger partial charge on any atom is 0.252 e. The number of nitrogens with zero attached hydrogens (tertiary/aromatic N) is 1. The van der Waals surface area contributed by atoms with E-state index in [4.69, 9.17) is 21.9 Å². The first-order valence-electron chi connectivity index (χ1n) is 6.01. The van der Waals surface area contributed by atoms with Crippen molar-refractivity contribution < 1.29 is 9.21 Å². The minimum absolute atomic E-state index is 0.187. The van der Waals surface area contributed by atoms with Crippen molar-refractivity contribution >= 4 is 23.3 Å². The highest BCUT2D eigenvalue weighted by Gasteiger charge is 2.15. The molecule has 1 amide bonds. The summed E-state index contributed by atoms with van der Waals surface area (Å²) in [6, 6.07) is 6.40. The van der Waals surface area contributed by atoms with Gasteiger partial charge in [0, 0.05) is 5.56 Å². The van der Waals surface area contributed by atoms with E-state index in [-0.39, 0.29) is 17.1 Å². The van der Waals surface area contributed by atoms with Crippen LogP contribution in [0.4, 0.5) is 5.82 Å². The van der Waals surface area contributed by atoms with Crippen molar-refractivity contribution in [3.63, 3.8) is 0 Å². The molecule has 0 aliphatic rings. The van der Waals surface area contributed by atoms with Crippen LogP contribution in [0.2, 0.25) is 5.15 Å². The number of nitrogen functional groups attached to an aromatic ring is 1. The monoisotopic (exact) mass is 294 g/mol. The number of hydrazine groups is 1. The van der Waals surface area contributed by atoms with Gasteiger partial charge in [-0.3, -0.25) is 4.79 Å². The molecule has 0 saturated carbocycles. The Labute approximate surface area is 121 Å². The van der Waals surface area contributed by atoms with E-state index in [1.807, 2.05) is 26.0 Å². The summed E-state index contributed by atoms with van der Waals surface area (Å²) in [5.41, 5.74) is 2.73. The van der Waals surface area contributed by atoms with Crippen LogP contribution in [-0.4, -0.2) is 10.9 Å². The van der Waals surface area contributed by atoms with E-state index in [1.54, 1.807) is 0 Å². The topological polar surface area (TPSA) is 93.2 Å². The normalized spacial score (nSPS) is 12.0. The summed E-state index contributed by atoms with van der Waals surface area (Å²) >= 11 is 5.82. The van der Waals surface area contributed by atoms with Crippen molar-refractivity contribution in [3.8, 4) is 0 Å². The number of anilines is 1. The maximum absolute atomic E-state index is 12.1. The molecule has 0 aliphatic heterocycles. The van der Waals surface area contributed by atoms with Crippen LogP contribution >= 0.6 is 11.6 Å². The molecular weight excluding hydrogens is 280 g/mol. The molecule has 2 aromatic heterocycles. The Morgan fingerprint density at radius 3 is 2.80 bits per heavy atom. The molecule has 2 heterocycles. The minimum atomic E-state index is -0.285. The average molecular weight is 295 g/mol. The molecule has 1 unspecified atom stereocenters. The summed E-state index contributed by atoms with van der Waals surface area (Å²) in [6.07, 6.45) is 0. The van der Waals surface area contributed by atoms with Gasteiger partial charge in [-0.2, -0.15) is 0 Å². The molecule has 1 atom stereocenters. The second-order valence-electron chi connectivity index (χ2n) is 4.35. The zero-order valence-corrected chi connectivity index (χ0v) is 11.9. The number of nitrogens with two attached hydrogens (primary N) is 1. The lowest BCUT2D eigenvalue weighted by atomic mass is 10.2. The van der Waals surface area contributed by atoms with E-state index >= 15 is 0 Å². The zero-order valence-electron chi connectivity index (χ0n) is 11.1. The van der Waals surface area contributed by atoms with Crippen LogP contribution in [0.3, 0.4) is 0 Å². The number of furan rings is 1. The Morgan fingerprint density at radius 1 is 1.45 bits per heavy atom. The Hall–Kier alpha value is -2.05. The van der Waals surface area contributed by atoms with Gasteiger partial charge in [-0.05, 0) is 38.1 Å². The number of pyridine rings is 1. The Bertz CT molecular complexity index is 627. The molecule has 0 radical (unpaired) electrons. The molecule has 0 aromatic carbocycles. The fourth-order valence-electron chi connectivity index (χ4n) is 1.74. The molecule has 0 fully saturated rings. The molecule has 2 aromatic rings. The number of carbonyl (C=O) groups excluding carboxylic acids is 1. The van der Waals surface area contributed by atoms with Crippen LogP contribution in [0.5, 0.6) is 0 Å². The van der Waals surface area contributed by atoms with E-state index < -0.39 is 0 Å². The third kappa shape index (κ3) is 3.28. The fourth-order valence-corrected chi connectivity index (χ4v) is 1.95. The standard InChI is InChI=1S/C13H15ClN4O2/c1-7-3-4-10(20-7)8(2)16-13(19)9-5-11(14)17-12(6-9)18-15/h3-6,8H,15H2,1-2H3,(H,16,19)(H,17,18). The number of hydrogen-bond acceptors (Lipinski definition) is 5. The van der Waals surface area contributed by atoms with E-state index in [0.717, 1.165) is 5.76 Å². The van der Waals surface area contributed by atoms with Gasteiger partial charge in [-0.1, -0.05) is 11.6 Å². The lowest BCUT2D eigenvalue weighted by Gasteiger charge is -2.12. The second kappa shape index (κ2) is 5.94. The molecule has 0 bridgehead atoms. The molecular formula is C13H15ClN4O2. The van der Waals surface area contributed by atoms with Crippen molar-refractivity contribution in [3.05, 3.63) is 46.5 Å². The smallest absolute Gasteiger partial charge is 0.252 e. The lowest BCUT2D eigenvalue weighted by molar-refractivity contribution is 0.0935. The Kier molecular flexibility index (Phi) is 4.26. The predicted molar refractivity (Wildman–Crippen MR) is 76.4 cm³/mol. The van der Waals surface area contributed by atoms with Gasteiger partial charge >= 0.3 is 0 Å². The van der Waals surface area contributed by atoms with E-state index in [9.17, 15) is 4.79 Å². The van der Waals surface area contributed by atoms with Crippen LogP contribution < -0.4 is 16.6 Å². The van der Waals surface area contributed by atoms with E-state index in [2.05, 4.69) is 15.7 Å². The number of aromatic nitrogens is 1. The van der Waals surface area contributed by atoms with Crippen molar-refractivity contribution in [1.29, 1.82) is 0 Å². The predicted octanol–water partition coefficient (Wildman–Crippen LogP) is 2.41. The summed E-state index contributed by atoms with van der Waals surface area (Å²) in [7, 11) is 0. The summed E-state index contributed by atoms with van der Waals surface area (Å²) in [5.74, 6) is 6.79. The van der Waals surface area contributed by atoms with Gasteiger partial charge in [0.05, 0.1) is 6.04 Å². The summed E-state index contributed by atoms with van der Waals surface area (Å²) < 4.78 is 5.47. The molecule has 6 nitrogen and oxygen atoms in total. The van der Waals surface area contributed by atoms with Crippen molar-refractivity contribution in [1.82, 2.24) is 10.3 Å². The molecule has 20 heavy (non-hydrogen) atoms. The molecule has 4 N–H and O–H groups in total. The number of hydrogen-bond donors (Lipinski definition) is 3. The molecule has 0 spiro atoms. The van der Waals surface area contributed by atoms with Crippen molar-refractivity contribution in [2.45, 2.75) is 19.9 Å². The zero-order chi connectivity index (χ0) is 14.7. The van der Waals surface area contributed by atoms with Crippen LogP contribution in [0.1, 0.15) is 34.8 Å². The molecule has 2 rings (SSSR count). The van der Waals surface area contributed by atoms with E-state index in [0.29, 0.717) is 17.1 Å². The summed E-state index contributed by atoms with van der Waals surface area (Å²) in [6.45, 7) is 3.68. The SMILES string of the molecule is Cc1ccc(C(C)NC(=O)c2cc(Cl)nc(NN)c2)o1. The van der Waals surface area contributed by atoms with Crippen LogP contribution in [0.25, 0.3) is 0 Å². The largest absolute Gasteiger partial charge is 0.464 e. The molecule has 0 aliphatic carbocycles. The average Bonchev–Trinajstić information content (AvgIpc) is 2.84.